The average molecular weight is 489 g/mol. The number of nitrogens with zero attached hydrogens (tertiary/aromatic N) is 4. The van der Waals surface area contributed by atoms with Gasteiger partial charge in [0.2, 0.25) is 11.8 Å². The Labute approximate surface area is 211 Å². The number of para-hydroxylation sites is 1. The van der Waals surface area contributed by atoms with Crippen LogP contribution in [0.1, 0.15) is 17.5 Å². The highest BCUT2D eigenvalue weighted by molar-refractivity contribution is 6.01. The van der Waals surface area contributed by atoms with E-state index in [4.69, 9.17) is 14.5 Å². The van der Waals surface area contributed by atoms with Crippen LogP contribution in [-0.4, -0.2) is 68.6 Å². The molecule has 36 heavy (non-hydrogen) atoms. The van der Waals surface area contributed by atoms with Crippen molar-refractivity contribution in [2.24, 2.45) is 5.92 Å². The molecule has 188 valence electrons. The van der Waals surface area contributed by atoms with Crippen molar-refractivity contribution in [3.8, 4) is 11.5 Å². The van der Waals surface area contributed by atoms with E-state index in [2.05, 4.69) is 24.0 Å². The summed E-state index contributed by atoms with van der Waals surface area (Å²) in [5.41, 5.74) is 3.77. The molecule has 8 heteroatoms. The molecule has 2 aromatic carbocycles. The molecule has 5 rings (SSSR count). The molecule has 0 bridgehead atoms. The monoisotopic (exact) mass is 488 g/mol. The Morgan fingerprint density at radius 2 is 1.72 bits per heavy atom. The lowest BCUT2D eigenvalue weighted by Gasteiger charge is -2.36. The minimum Gasteiger partial charge on any atom is -0.495 e. The van der Waals surface area contributed by atoms with Crippen LogP contribution in [0.3, 0.4) is 0 Å². The van der Waals surface area contributed by atoms with Gasteiger partial charge in [0.15, 0.2) is 0 Å². The van der Waals surface area contributed by atoms with Crippen LogP contribution in [0.2, 0.25) is 0 Å². The predicted octanol–water partition coefficient (Wildman–Crippen LogP) is 3.57. The normalized spacial score (nSPS) is 18.2. The van der Waals surface area contributed by atoms with E-state index in [1.54, 1.807) is 19.1 Å². The van der Waals surface area contributed by atoms with Crippen molar-refractivity contribution in [2.45, 2.75) is 20.3 Å². The zero-order valence-electron chi connectivity index (χ0n) is 21.3. The Hall–Kier alpha value is -3.81. The van der Waals surface area contributed by atoms with Crippen LogP contribution in [0.25, 0.3) is 10.9 Å². The maximum Gasteiger partial charge on any atom is 0.228 e. The third-order valence-corrected chi connectivity index (χ3v) is 7.23. The lowest BCUT2D eigenvalue weighted by Crippen LogP contribution is -2.51. The van der Waals surface area contributed by atoms with Gasteiger partial charge in [0.05, 0.1) is 25.8 Å². The van der Waals surface area contributed by atoms with Gasteiger partial charge in [0.25, 0.3) is 0 Å². The zero-order chi connectivity index (χ0) is 25.4. The van der Waals surface area contributed by atoms with Crippen LogP contribution in [0.5, 0.6) is 11.5 Å². The lowest BCUT2D eigenvalue weighted by atomic mass is 10.1. The molecule has 8 nitrogen and oxygen atoms in total. The van der Waals surface area contributed by atoms with Crippen molar-refractivity contribution in [2.75, 3.05) is 56.7 Å². The van der Waals surface area contributed by atoms with Crippen molar-refractivity contribution in [3.05, 3.63) is 53.6 Å². The molecular formula is C28H32N4O4. The number of anilines is 2. The van der Waals surface area contributed by atoms with E-state index >= 15 is 0 Å². The molecule has 2 aliphatic heterocycles. The molecule has 0 spiro atoms. The number of carbonyl (C=O) groups excluding carboxylic acids is 2. The summed E-state index contributed by atoms with van der Waals surface area (Å²) >= 11 is 0. The first-order chi connectivity index (χ1) is 17.4. The number of aromatic nitrogens is 1. The molecule has 0 N–H and O–H groups in total. The number of ether oxygens (including phenoxy) is 2. The second-order valence-corrected chi connectivity index (χ2v) is 9.55. The third-order valence-electron chi connectivity index (χ3n) is 7.23. The highest BCUT2D eigenvalue weighted by Crippen LogP contribution is 2.35. The number of hydrogen-bond donors (Lipinski definition) is 0. The van der Waals surface area contributed by atoms with E-state index in [0.717, 1.165) is 39.3 Å². The molecule has 2 saturated heterocycles. The Kier molecular flexibility index (Phi) is 6.43. The molecule has 2 fully saturated rings. The Morgan fingerprint density at radius 1 is 0.972 bits per heavy atom. The Morgan fingerprint density at radius 3 is 2.44 bits per heavy atom. The highest BCUT2D eigenvalue weighted by atomic mass is 16.5. The minimum atomic E-state index is -0.348. The fourth-order valence-corrected chi connectivity index (χ4v) is 5.23. The van der Waals surface area contributed by atoms with Crippen LogP contribution in [0.15, 0.2) is 42.5 Å². The fourth-order valence-electron chi connectivity index (χ4n) is 5.23. The summed E-state index contributed by atoms with van der Waals surface area (Å²) < 4.78 is 11.0. The van der Waals surface area contributed by atoms with E-state index in [-0.39, 0.29) is 24.2 Å². The third kappa shape index (κ3) is 4.32. The summed E-state index contributed by atoms with van der Waals surface area (Å²) in [7, 11) is 3.26. The zero-order valence-corrected chi connectivity index (χ0v) is 21.3. The van der Waals surface area contributed by atoms with Crippen molar-refractivity contribution in [1.82, 2.24) is 9.88 Å². The summed E-state index contributed by atoms with van der Waals surface area (Å²) in [6.45, 7) is 7.02. The predicted molar refractivity (Wildman–Crippen MR) is 140 cm³/mol. The number of pyridine rings is 1. The van der Waals surface area contributed by atoms with Crippen LogP contribution in [-0.2, 0) is 9.59 Å². The first-order valence-corrected chi connectivity index (χ1v) is 12.3. The van der Waals surface area contributed by atoms with Crippen molar-refractivity contribution in [3.63, 3.8) is 0 Å². The smallest absolute Gasteiger partial charge is 0.228 e. The van der Waals surface area contributed by atoms with Gasteiger partial charge in [-0.1, -0.05) is 18.2 Å². The van der Waals surface area contributed by atoms with Gasteiger partial charge in [-0.25, -0.2) is 4.98 Å². The number of aryl methyl sites for hydroxylation is 2. The van der Waals surface area contributed by atoms with Gasteiger partial charge in [0.1, 0.15) is 22.8 Å². The molecule has 2 amide bonds. The van der Waals surface area contributed by atoms with Crippen LogP contribution in [0, 0.1) is 19.8 Å². The number of fused-ring (bicyclic) bond motifs is 1. The molecule has 3 aromatic rings. The van der Waals surface area contributed by atoms with E-state index < -0.39 is 0 Å². The largest absolute Gasteiger partial charge is 0.495 e. The van der Waals surface area contributed by atoms with Gasteiger partial charge in [-0.2, -0.15) is 0 Å². The highest BCUT2D eigenvalue weighted by Gasteiger charge is 2.39. The SMILES string of the molecule is COc1ccc(C)cc1N1CC(C(=O)N2CCN(c3cc(C)c4cccc(OC)c4n3)CC2)CC1=O. The van der Waals surface area contributed by atoms with Crippen LogP contribution < -0.4 is 19.3 Å². The lowest BCUT2D eigenvalue weighted by molar-refractivity contribution is -0.136. The first kappa shape index (κ1) is 23.9. The van der Waals surface area contributed by atoms with Gasteiger partial charge in [-0.05, 0) is 49.2 Å². The van der Waals surface area contributed by atoms with Gasteiger partial charge in [-0.15, -0.1) is 0 Å². The topological polar surface area (TPSA) is 75.2 Å². The quantitative estimate of drug-likeness (QED) is 0.547. The molecule has 0 aliphatic carbocycles. The molecule has 0 radical (unpaired) electrons. The van der Waals surface area contributed by atoms with Gasteiger partial charge in [-0.3, -0.25) is 9.59 Å². The summed E-state index contributed by atoms with van der Waals surface area (Å²) in [6, 6.07) is 13.8. The number of benzene rings is 2. The molecule has 0 saturated carbocycles. The van der Waals surface area contributed by atoms with Gasteiger partial charge in [0, 0.05) is 44.5 Å². The number of hydrogen-bond acceptors (Lipinski definition) is 6. The first-order valence-electron chi connectivity index (χ1n) is 12.3. The number of amides is 2. The standard InChI is InChI=1S/C28H32N4O4/c1-18-8-9-23(35-3)22(14-18)32-17-20(16-26(32)33)28(34)31-12-10-30(11-13-31)25-15-19(2)21-6-5-7-24(36-4)27(21)29-25/h5-9,14-15,20H,10-13,16-17H2,1-4H3. The van der Waals surface area contributed by atoms with Crippen molar-refractivity contribution >= 4 is 34.2 Å². The number of rotatable bonds is 5. The summed E-state index contributed by atoms with van der Waals surface area (Å²) in [5.74, 6) is 1.95. The summed E-state index contributed by atoms with van der Waals surface area (Å²) in [5, 5.41) is 1.08. The molecule has 1 unspecified atom stereocenters. The second-order valence-electron chi connectivity index (χ2n) is 9.55. The van der Waals surface area contributed by atoms with Crippen LogP contribution in [0.4, 0.5) is 11.5 Å². The average Bonchev–Trinajstić information content (AvgIpc) is 3.29. The molecule has 2 aliphatic rings. The van der Waals surface area contributed by atoms with E-state index in [9.17, 15) is 9.59 Å². The van der Waals surface area contributed by atoms with Gasteiger partial charge >= 0.3 is 0 Å². The van der Waals surface area contributed by atoms with Gasteiger partial charge < -0.3 is 24.2 Å². The molecular weight excluding hydrogens is 456 g/mol. The Balaban J connectivity index is 1.27. The van der Waals surface area contributed by atoms with Crippen LogP contribution >= 0.6 is 0 Å². The minimum absolute atomic E-state index is 0.0410. The van der Waals surface area contributed by atoms with Crippen molar-refractivity contribution in [1.29, 1.82) is 0 Å². The maximum absolute atomic E-state index is 13.4. The molecule has 1 aromatic heterocycles. The maximum atomic E-state index is 13.4. The molecule has 3 heterocycles. The van der Waals surface area contributed by atoms with E-state index in [1.165, 1.54) is 0 Å². The Bertz CT molecular complexity index is 1320. The summed E-state index contributed by atoms with van der Waals surface area (Å²) in [4.78, 5) is 36.9. The molecule has 1 atom stereocenters. The van der Waals surface area contributed by atoms with E-state index in [0.29, 0.717) is 38.5 Å². The number of carbonyl (C=O) groups is 2. The summed E-state index contributed by atoms with van der Waals surface area (Å²) in [6.07, 6.45) is 0.224. The number of methoxy groups -OCH3 is 2. The van der Waals surface area contributed by atoms with Crippen molar-refractivity contribution < 1.29 is 19.1 Å². The fraction of sp³-hybridized carbons (Fsp3) is 0.393. The number of piperazine rings is 1. The second kappa shape index (κ2) is 9.68. The van der Waals surface area contributed by atoms with E-state index in [1.807, 2.05) is 42.2 Å².